The fraction of sp³-hybridized carbons (Fsp3) is 0.450. The number of aromatic nitrogens is 2. The number of fused-ring (bicyclic) bond motifs is 1. The van der Waals surface area contributed by atoms with Crippen LogP contribution in [-0.2, 0) is 29.1 Å². The van der Waals surface area contributed by atoms with Crippen LogP contribution in [0.1, 0.15) is 51.9 Å². The van der Waals surface area contributed by atoms with Gasteiger partial charge in [-0.25, -0.2) is 8.42 Å². The molecule has 1 aliphatic carbocycles. The predicted molar refractivity (Wildman–Crippen MR) is 113 cm³/mol. The SMILES string of the molecule is Cn1nc(C(O)NCc2ccc(C#N)cc2)c2c1C(=O)N(CC1(S(=O)(=O)Cl)CC1)CC2. The van der Waals surface area contributed by atoms with Gasteiger partial charge in [-0.1, -0.05) is 12.1 Å². The summed E-state index contributed by atoms with van der Waals surface area (Å²) in [4.78, 5) is 14.6. The Bertz CT molecular complexity index is 1170. The normalized spacial score (nSPS) is 18.4. The molecule has 1 aliphatic heterocycles. The van der Waals surface area contributed by atoms with E-state index in [0.29, 0.717) is 54.9 Å². The Labute approximate surface area is 184 Å². The number of rotatable bonds is 7. The molecule has 0 radical (unpaired) electrons. The summed E-state index contributed by atoms with van der Waals surface area (Å²) in [6.45, 7) is 0.756. The Hall–Kier alpha value is -2.45. The van der Waals surface area contributed by atoms with Crippen molar-refractivity contribution in [1.29, 1.82) is 5.26 Å². The summed E-state index contributed by atoms with van der Waals surface area (Å²) in [6.07, 6.45) is 0.273. The molecule has 1 aromatic heterocycles. The third kappa shape index (κ3) is 4.06. The summed E-state index contributed by atoms with van der Waals surface area (Å²) in [5, 5.41) is 26.9. The van der Waals surface area contributed by atoms with Crippen LogP contribution >= 0.6 is 10.7 Å². The molecule has 0 saturated heterocycles. The Balaban J connectivity index is 1.48. The largest absolute Gasteiger partial charge is 0.373 e. The zero-order chi connectivity index (χ0) is 22.4. The molecule has 2 heterocycles. The first-order valence-electron chi connectivity index (χ1n) is 9.85. The predicted octanol–water partition coefficient (Wildman–Crippen LogP) is 1.17. The Morgan fingerprint density at radius 1 is 1.35 bits per heavy atom. The van der Waals surface area contributed by atoms with Crippen molar-refractivity contribution in [3.63, 3.8) is 0 Å². The lowest BCUT2D eigenvalue weighted by molar-refractivity contribution is 0.0724. The number of aryl methyl sites for hydroxylation is 1. The van der Waals surface area contributed by atoms with Crippen LogP contribution in [0.15, 0.2) is 24.3 Å². The second-order valence-corrected chi connectivity index (χ2v) is 11.0. The number of benzene rings is 1. The highest BCUT2D eigenvalue weighted by molar-refractivity contribution is 8.15. The first kappa shape index (κ1) is 21.8. The zero-order valence-corrected chi connectivity index (χ0v) is 18.4. The molecule has 1 unspecified atom stereocenters. The molecule has 1 saturated carbocycles. The van der Waals surface area contributed by atoms with Gasteiger partial charge in [0.1, 0.15) is 16.1 Å². The molecule has 9 nitrogen and oxygen atoms in total. The number of halogens is 1. The van der Waals surface area contributed by atoms with Gasteiger partial charge in [0, 0.05) is 42.9 Å². The van der Waals surface area contributed by atoms with E-state index in [0.717, 1.165) is 5.56 Å². The van der Waals surface area contributed by atoms with Gasteiger partial charge in [-0.3, -0.25) is 14.8 Å². The molecular formula is C20H22ClN5O4S. The molecule has 1 aromatic carbocycles. The minimum absolute atomic E-state index is 0.0666. The van der Waals surface area contributed by atoms with Crippen LogP contribution < -0.4 is 5.32 Å². The molecule has 0 bridgehead atoms. The van der Waals surface area contributed by atoms with Crippen molar-refractivity contribution >= 4 is 25.6 Å². The van der Waals surface area contributed by atoms with Crippen LogP contribution in [0.2, 0.25) is 0 Å². The number of amides is 1. The van der Waals surface area contributed by atoms with E-state index in [4.69, 9.17) is 15.9 Å². The summed E-state index contributed by atoms with van der Waals surface area (Å²) in [5.41, 5.74) is 2.83. The van der Waals surface area contributed by atoms with E-state index >= 15 is 0 Å². The van der Waals surface area contributed by atoms with Crippen molar-refractivity contribution in [2.45, 2.75) is 36.8 Å². The average Bonchev–Trinajstić information content (AvgIpc) is 3.45. The fourth-order valence-electron chi connectivity index (χ4n) is 3.95. The summed E-state index contributed by atoms with van der Waals surface area (Å²) < 4.78 is 24.1. The summed E-state index contributed by atoms with van der Waals surface area (Å²) in [7, 11) is 3.46. The molecule has 1 fully saturated rings. The van der Waals surface area contributed by atoms with Gasteiger partial charge in [-0.2, -0.15) is 10.4 Å². The van der Waals surface area contributed by atoms with E-state index in [1.54, 1.807) is 31.3 Å². The molecule has 1 atom stereocenters. The van der Waals surface area contributed by atoms with Crippen LogP contribution in [0.4, 0.5) is 0 Å². The highest BCUT2D eigenvalue weighted by atomic mass is 35.7. The van der Waals surface area contributed by atoms with E-state index in [1.807, 2.05) is 0 Å². The molecule has 11 heteroatoms. The first-order valence-corrected chi connectivity index (χ1v) is 12.2. The second-order valence-electron chi connectivity index (χ2n) is 8.03. The number of carbonyl (C=O) groups is 1. The smallest absolute Gasteiger partial charge is 0.272 e. The maximum atomic E-state index is 13.0. The van der Waals surface area contributed by atoms with Crippen LogP contribution in [0.3, 0.4) is 0 Å². The van der Waals surface area contributed by atoms with E-state index in [9.17, 15) is 18.3 Å². The van der Waals surface area contributed by atoms with Gasteiger partial charge < -0.3 is 10.0 Å². The Morgan fingerprint density at radius 3 is 2.61 bits per heavy atom. The number of aliphatic hydroxyl groups excluding tert-OH is 1. The number of nitrogens with zero attached hydrogens (tertiary/aromatic N) is 4. The number of hydrogen-bond donors (Lipinski definition) is 2. The molecule has 31 heavy (non-hydrogen) atoms. The van der Waals surface area contributed by atoms with Gasteiger partial charge in [0.25, 0.3) is 5.91 Å². The number of carbonyl (C=O) groups excluding carboxylic acids is 1. The quantitative estimate of drug-likeness (QED) is 0.466. The van der Waals surface area contributed by atoms with E-state index in [1.165, 1.54) is 9.58 Å². The van der Waals surface area contributed by atoms with E-state index < -0.39 is 20.0 Å². The van der Waals surface area contributed by atoms with Crippen LogP contribution in [-0.4, -0.2) is 51.9 Å². The van der Waals surface area contributed by atoms with Gasteiger partial charge in [-0.05, 0) is 37.0 Å². The molecule has 164 valence electrons. The monoisotopic (exact) mass is 463 g/mol. The molecule has 2 aliphatic rings. The van der Waals surface area contributed by atoms with Gasteiger partial charge >= 0.3 is 0 Å². The molecule has 0 spiro atoms. The second kappa shape index (κ2) is 7.91. The van der Waals surface area contributed by atoms with Gasteiger partial charge in [0.05, 0.1) is 11.6 Å². The maximum Gasteiger partial charge on any atom is 0.272 e. The van der Waals surface area contributed by atoms with Crippen molar-refractivity contribution < 1.29 is 18.3 Å². The standard InChI is InChI=1S/C20H22ClN5O4S/c1-25-17-15(6-9-26(19(17)28)12-20(7-8-20)31(21,29)30)16(24-25)18(27)23-11-14-4-2-13(10-22)3-5-14/h2-5,18,23,27H,6-9,11-12H2,1H3. The minimum Gasteiger partial charge on any atom is -0.373 e. The molecule has 2 aromatic rings. The van der Waals surface area contributed by atoms with Crippen molar-refractivity contribution in [3.8, 4) is 6.07 Å². The third-order valence-corrected chi connectivity index (χ3v) is 8.50. The summed E-state index contributed by atoms with van der Waals surface area (Å²) in [5.74, 6) is -0.312. The number of nitrogens with one attached hydrogen (secondary N) is 1. The van der Waals surface area contributed by atoms with Gasteiger partial charge in [0.15, 0.2) is 6.23 Å². The van der Waals surface area contributed by atoms with E-state index in [2.05, 4.69) is 16.5 Å². The first-order chi connectivity index (χ1) is 14.6. The Morgan fingerprint density at radius 2 is 2.03 bits per heavy atom. The lowest BCUT2D eigenvalue weighted by Crippen LogP contribution is -2.45. The molecule has 1 amide bonds. The van der Waals surface area contributed by atoms with Crippen molar-refractivity contribution in [1.82, 2.24) is 20.0 Å². The van der Waals surface area contributed by atoms with Crippen LogP contribution in [0.5, 0.6) is 0 Å². The van der Waals surface area contributed by atoms with Crippen molar-refractivity contribution in [2.24, 2.45) is 7.05 Å². The third-order valence-electron chi connectivity index (χ3n) is 5.94. The van der Waals surface area contributed by atoms with Crippen LogP contribution in [0, 0.1) is 11.3 Å². The van der Waals surface area contributed by atoms with Crippen molar-refractivity contribution in [2.75, 3.05) is 13.1 Å². The minimum atomic E-state index is -3.76. The van der Waals surface area contributed by atoms with Gasteiger partial charge in [0.2, 0.25) is 9.05 Å². The number of aliphatic hydroxyl groups is 1. The lowest BCUT2D eigenvalue weighted by atomic mass is 10.0. The summed E-state index contributed by atoms with van der Waals surface area (Å²) >= 11 is 0. The molecule has 4 rings (SSSR count). The number of hydrogen-bond acceptors (Lipinski definition) is 7. The number of nitriles is 1. The topological polar surface area (TPSA) is 128 Å². The highest BCUT2D eigenvalue weighted by Gasteiger charge is 2.55. The van der Waals surface area contributed by atoms with Gasteiger partial charge in [-0.15, -0.1) is 0 Å². The maximum absolute atomic E-state index is 13.0. The average molecular weight is 464 g/mol. The van der Waals surface area contributed by atoms with E-state index in [-0.39, 0.29) is 12.5 Å². The Kier molecular flexibility index (Phi) is 5.55. The highest BCUT2D eigenvalue weighted by Crippen LogP contribution is 2.46. The molecule has 2 N–H and O–H groups in total. The summed E-state index contributed by atoms with van der Waals surface area (Å²) in [6, 6.07) is 9.05. The lowest BCUT2D eigenvalue weighted by Gasteiger charge is -2.30. The van der Waals surface area contributed by atoms with Crippen LogP contribution in [0.25, 0.3) is 0 Å². The fourth-order valence-corrected chi connectivity index (χ4v) is 5.45. The van der Waals surface area contributed by atoms with Crippen molar-refractivity contribution in [3.05, 3.63) is 52.3 Å². The molecular weight excluding hydrogens is 442 g/mol. The zero-order valence-electron chi connectivity index (χ0n) is 16.9.